The third-order valence-electron chi connectivity index (χ3n) is 3.82. The van der Waals surface area contributed by atoms with E-state index in [0.717, 1.165) is 12.8 Å². The fourth-order valence-electron chi connectivity index (χ4n) is 2.63. The van der Waals surface area contributed by atoms with Gasteiger partial charge in [-0.15, -0.1) is 0 Å². The number of ether oxygens (including phenoxy) is 1. The zero-order valence-corrected chi connectivity index (χ0v) is 12.9. The first-order chi connectivity index (χ1) is 10.5. The summed E-state index contributed by atoms with van der Waals surface area (Å²) in [7, 11) is 0. The minimum Gasteiger partial charge on any atom is -0.422 e. The van der Waals surface area contributed by atoms with Gasteiger partial charge in [-0.25, -0.2) is 4.79 Å². The van der Waals surface area contributed by atoms with Crippen LogP contribution in [0.1, 0.15) is 30.1 Å². The van der Waals surface area contributed by atoms with Crippen LogP contribution in [0.4, 0.5) is 0 Å². The van der Waals surface area contributed by atoms with E-state index < -0.39 is 11.5 Å². The average molecular weight is 322 g/mol. The summed E-state index contributed by atoms with van der Waals surface area (Å²) in [4.78, 5) is 24.3. The number of nitrogens with one attached hydrogen (secondary N) is 1. The normalized spacial score (nSPS) is 19.3. The van der Waals surface area contributed by atoms with Crippen LogP contribution in [-0.4, -0.2) is 24.7 Å². The SMILES string of the molecule is C[C@H](NC(=O)c1cc2cc(Cl)ccc2oc1=O)[C@@H]1CCCO1. The van der Waals surface area contributed by atoms with Crippen LogP contribution in [0.3, 0.4) is 0 Å². The molecule has 0 bridgehead atoms. The van der Waals surface area contributed by atoms with Crippen molar-refractivity contribution < 1.29 is 13.9 Å². The van der Waals surface area contributed by atoms with Crippen LogP contribution in [0.2, 0.25) is 5.02 Å². The van der Waals surface area contributed by atoms with Gasteiger partial charge in [-0.1, -0.05) is 11.6 Å². The second-order valence-electron chi connectivity index (χ2n) is 5.44. The van der Waals surface area contributed by atoms with Crippen molar-refractivity contribution in [3.8, 4) is 0 Å². The van der Waals surface area contributed by atoms with Gasteiger partial charge in [0.1, 0.15) is 11.1 Å². The van der Waals surface area contributed by atoms with E-state index in [9.17, 15) is 9.59 Å². The van der Waals surface area contributed by atoms with Crippen LogP contribution < -0.4 is 10.9 Å². The predicted octanol–water partition coefficient (Wildman–Crippen LogP) is 2.74. The number of rotatable bonds is 3. The van der Waals surface area contributed by atoms with Gasteiger partial charge < -0.3 is 14.5 Å². The standard InChI is InChI=1S/C16H16ClNO4/c1-9(13-3-2-6-21-13)18-15(19)12-8-10-7-11(17)4-5-14(10)22-16(12)20/h4-5,7-9,13H,2-3,6H2,1H3,(H,18,19)/t9-,13-/m0/s1. The molecule has 0 radical (unpaired) electrons. The summed E-state index contributed by atoms with van der Waals surface area (Å²) in [6, 6.07) is 6.23. The summed E-state index contributed by atoms with van der Waals surface area (Å²) in [6.45, 7) is 2.58. The molecule has 1 aromatic heterocycles. The summed E-state index contributed by atoms with van der Waals surface area (Å²) < 4.78 is 10.7. The molecule has 2 atom stereocenters. The molecule has 1 N–H and O–H groups in total. The molecule has 0 aliphatic carbocycles. The summed E-state index contributed by atoms with van der Waals surface area (Å²) in [6.07, 6.45) is 1.89. The number of hydrogen-bond donors (Lipinski definition) is 1. The van der Waals surface area contributed by atoms with Gasteiger partial charge in [-0.3, -0.25) is 4.79 Å². The van der Waals surface area contributed by atoms with Crippen molar-refractivity contribution in [3.05, 3.63) is 45.3 Å². The molecule has 5 nitrogen and oxygen atoms in total. The van der Waals surface area contributed by atoms with Gasteiger partial charge >= 0.3 is 5.63 Å². The summed E-state index contributed by atoms with van der Waals surface area (Å²) >= 11 is 5.92. The van der Waals surface area contributed by atoms with E-state index >= 15 is 0 Å². The Hall–Kier alpha value is -1.85. The lowest BCUT2D eigenvalue weighted by atomic mass is 10.1. The number of amides is 1. The lowest BCUT2D eigenvalue weighted by Crippen LogP contribution is -2.42. The van der Waals surface area contributed by atoms with Crippen molar-refractivity contribution in [2.75, 3.05) is 6.61 Å². The molecule has 2 heterocycles. The summed E-state index contributed by atoms with van der Waals surface area (Å²) in [5, 5.41) is 3.93. The number of carbonyl (C=O) groups is 1. The molecule has 1 amide bonds. The molecule has 2 aromatic rings. The minimum absolute atomic E-state index is 0.00843. The number of carbonyl (C=O) groups excluding carboxylic acids is 1. The first-order valence-corrected chi connectivity index (χ1v) is 7.58. The maximum Gasteiger partial charge on any atom is 0.349 e. The Labute approximate surface area is 132 Å². The second-order valence-corrected chi connectivity index (χ2v) is 5.88. The zero-order chi connectivity index (χ0) is 15.7. The highest BCUT2D eigenvalue weighted by atomic mass is 35.5. The van der Waals surface area contributed by atoms with Crippen LogP contribution in [0.25, 0.3) is 11.0 Å². The van der Waals surface area contributed by atoms with Crippen LogP contribution in [0, 0.1) is 0 Å². The molecule has 116 valence electrons. The van der Waals surface area contributed by atoms with Gasteiger partial charge in [0.15, 0.2) is 0 Å². The number of halogens is 1. The van der Waals surface area contributed by atoms with Crippen molar-refractivity contribution in [1.82, 2.24) is 5.32 Å². The van der Waals surface area contributed by atoms with Gasteiger partial charge in [0.05, 0.1) is 12.1 Å². The van der Waals surface area contributed by atoms with Crippen molar-refractivity contribution in [3.63, 3.8) is 0 Å². The smallest absolute Gasteiger partial charge is 0.349 e. The molecule has 1 saturated heterocycles. The van der Waals surface area contributed by atoms with E-state index in [1.165, 1.54) is 6.07 Å². The predicted molar refractivity (Wildman–Crippen MR) is 83.4 cm³/mol. The first kappa shape index (κ1) is 15.1. The quantitative estimate of drug-likeness (QED) is 0.883. The molecule has 6 heteroatoms. The van der Waals surface area contributed by atoms with Crippen molar-refractivity contribution >= 4 is 28.5 Å². The zero-order valence-electron chi connectivity index (χ0n) is 12.1. The van der Waals surface area contributed by atoms with E-state index in [1.807, 2.05) is 6.92 Å². The van der Waals surface area contributed by atoms with Crippen LogP contribution in [-0.2, 0) is 4.74 Å². The maximum atomic E-state index is 12.3. The van der Waals surface area contributed by atoms with Gasteiger partial charge in [0.2, 0.25) is 0 Å². The Morgan fingerprint density at radius 1 is 1.41 bits per heavy atom. The Bertz CT molecular complexity index is 764. The molecule has 0 spiro atoms. The van der Waals surface area contributed by atoms with Crippen molar-refractivity contribution in [2.24, 2.45) is 0 Å². The molecule has 1 aliphatic rings. The number of benzene rings is 1. The topological polar surface area (TPSA) is 68.5 Å². The molecule has 0 saturated carbocycles. The highest BCUT2D eigenvalue weighted by Gasteiger charge is 2.25. The molecule has 3 rings (SSSR count). The van der Waals surface area contributed by atoms with Crippen molar-refractivity contribution in [1.29, 1.82) is 0 Å². The van der Waals surface area contributed by atoms with Crippen LogP contribution in [0.5, 0.6) is 0 Å². The van der Waals surface area contributed by atoms with Gasteiger partial charge in [-0.05, 0) is 44.0 Å². The lowest BCUT2D eigenvalue weighted by Gasteiger charge is -2.19. The molecule has 1 fully saturated rings. The second kappa shape index (κ2) is 6.10. The monoisotopic (exact) mass is 321 g/mol. The fraction of sp³-hybridized carbons (Fsp3) is 0.375. The first-order valence-electron chi connectivity index (χ1n) is 7.20. The van der Waals surface area contributed by atoms with E-state index in [0.29, 0.717) is 22.6 Å². The highest BCUT2D eigenvalue weighted by molar-refractivity contribution is 6.31. The van der Waals surface area contributed by atoms with Gasteiger partial charge in [-0.2, -0.15) is 0 Å². The molecule has 1 aliphatic heterocycles. The third-order valence-corrected chi connectivity index (χ3v) is 4.06. The Morgan fingerprint density at radius 2 is 2.23 bits per heavy atom. The molecule has 0 unspecified atom stereocenters. The van der Waals surface area contributed by atoms with E-state index in [2.05, 4.69) is 5.32 Å². The molecule has 22 heavy (non-hydrogen) atoms. The molecular weight excluding hydrogens is 306 g/mol. The number of hydrogen-bond acceptors (Lipinski definition) is 4. The Morgan fingerprint density at radius 3 is 2.95 bits per heavy atom. The molecular formula is C16H16ClNO4. The summed E-state index contributed by atoms with van der Waals surface area (Å²) in [5.41, 5.74) is -0.287. The summed E-state index contributed by atoms with van der Waals surface area (Å²) in [5.74, 6) is -0.460. The van der Waals surface area contributed by atoms with E-state index in [1.54, 1.807) is 18.2 Å². The Balaban J connectivity index is 1.86. The van der Waals surface area contributed by atoms with Crippen LogP contribution in [0.15, 0.2) is 33.5 Å². The van der Waals surface area contributed by atoms with E-state index in [4.69, 9.17) is 20.8 Å². The Kier molecular flexibility index (Phi) is 4.18. The fourth-order valence-corrected chi connectivity index (χ4v) is 2.81. The minimum atomic E-state index is -0.660. The largest absolute Gasteiger partial charge is 0.422 e. The van der Waals surface area contributed by atoms with Crippen LogP contribution >= 0.6 is 11.6 Å². The van der Waals surface area contributed by atoms with Crippen molar-refractivity contribution in [2.45, 2.75) is 31.9 Å². The maximum absolute atomic E-state index is 12.3. The van der Waals surface area contributed by atoms with Gasteiger partial charge in [0, 0.05) is 17.0 Å². The van der Waals surface area contributed by atoms with Gasteiger partial charge in [0.25, 0.3) is 5.91 Å². The lowest BCUT2D eigenvalue weighted by molar-refractivity contribution is 0.0710. The highest BCUT2D eigenvalue weighted by Crippen LogP contribution is 2.19. The average Bonchev–Trinajstić information content (AvgIpc) is 3.01. The third kappa shape index (κ3) is 3.00. The number of fused-ring (bicyclic) bond motifs is 1. The molecule has 1 aromatic carbocycles. The van der Waals surface area contributed by atoms with E-state index in [-0.39, 0.29) is 17.7 Å².